The average Bonchev–Trinajstić information content (AvgIpc) is 3.21. The van der Waals surface area contributed by atoms with Crippen LogP contribution in [0.15, 0.2) is 46.7 Å². The fraction of sp³-hybridized carbons (Fsp3) is 0.222. The summed E-state index contributed by atoms with van der Waals surface area (Å²) in [4.78, 5) is 25.3. The number of hydrogen-bond acceptors (Lipinski definition) is 9. The number of allylic oxidation sites excluding steroid dienone is 2. The lowest BCUT2D eigenvalue weighted by molar-refractivity contribution is -0.137. The summed E-state index contributed by atoms with van der Waals surface area (Å²) in [6.45, 7) is 1.72. The Morgan fingerprint density at radius 2 is 1.83 bits per heavy atom. The Kier molecular flexibility index (Phi) is 6.03. The number of carbonyl (C=O) groups excluding carboxylic acids is 2. The van der Waals surface area contributed by atoms with Gasteiger partial charge in [-0.2, -0.15) is 5.10 Å². The number of benzene rings is 1. The number of hydrazone groups is 1. The number of esters is 2. The van der Waals surface area contributed by atoms with E-state index in [1.807, 2.05) is 0 Å². The second kappa shape index (κ2) is 8.65. The number of tetrazole rings is 1. The van der Waals surface area contributed by atoms with Crippen LogP contribution in [0.1, 0.15) is 12.7 Å². The molecule has 1 atom stereocenters. The first kappa shape index (κ1) is 20.2. The van der Waals surface area contributed by atoms with Gasteiger partial charge in [0, 0.05) is 10.9 Å². The number of aromatic nitrogens is 4. The summed E-state index contributed by atoms with van der Waals surface area (Å²) >= 11 is 5.88. The lowest BCUT2D eigenvalue weighted by atomic mass is 9.92. The molecule has 29 heavy (non-hydrogen) atoms. The molecular formula is C18H17ClN6O4. The van der Waals surface area contributed by atoms with Gasteiger partial charge in [0.15, 0.2) is 11.5 Å². The Hall–Kier alpha value is -3.53. The Balaban J connectivity index is 1.89. The highest BCUT2D eigenvalue weighted by Gasteiger charge is 2.31. The Morgan fingerprint density at radius 1 is 1.14 bits per heavy atom. The molecule has 0 amide bonds. The average molecular weight is 417 g/mol. The van der Waals surface area contributed by atoms with E-state index < -0.39 is 17.9 Å². The van der Waals surface area contributed by atoms with Crippen molar-refractivity contribution in [2.24, 2.45) is 11.0 Å². The maximum atomic E-state index is 12.1. The minimum absolute atomic E-state index is 0.106. The standard InChI is InChI=1S/C18H17ClN6O4/c1-10-13(16(18(27)29-3)22-21-15(10)17(26)28-2)8-9-14-20-24-25(23-14)12-6-4-11(19)5-7-12/h4-10,22H,1-3H3/b9-8-. The van der Waals surface area contributed by atoms with Gasteiger partial charge in [0.05, 0.1) is 19.9 Å². The van der Waals surface area contributed by atoms with Gasteiger partial charge >= 0.3 is 11.9 Å². The number of nitrogens with one attached hydrogen (secondary N) is 1. The van der Waals surface area contributed by atoms with Gasteiger partial charge < -0.3 is 9.47 Å². The number of ether oxygens (including phenoxy) is 2. The van der Waals surface area contributed by atoms with Gasteiger partial charge in [-0.1, -0.05) is 24.6 Å². The summed E-state index contributed by atoms with van der Waals surface area (Å²) < 4.78 is 9.51. The third kappa shape index (κ3) is 4.32. The highest BCUT2D eigenvalue weighted by Crippen LogP contribution is 2.23. The van der Waals surface area contributed by atoms with Crippen LogP contribution in [0.5, 0.6) is 0 Å². The van der Waals surface area contributed by atoms with Crippen LogP contribution in [0.25, 0.3) is 11.8 Å². The summed E-state index contributed by atoms with van der Waals surface area (Å²) in [5.74, 6) is -1.46. The number of nitrogens with zero attached hydrogens (tertiary/aromatic N) is 5. The normalized spacial score (nSPS) is 16.4. The van der Waals surface area contributed by atoms with E-state index >= 15 is 0 Å². The fourth-order valence-electron chi connectivity index (χ4n) is 2.60. The molecule has 2 heterocycles. The third-order valence-electron chi connectivity index (χ3n) is 4.14. The van der Waals surface area contributed by atoms with Gasteiger partial charge in [0.25, 0.3) is 0 Å². The fourth-order valence-corrected chi connectivity index (χ4v) is 2.73. The second-order valence-corrected chi connectivity index (χ2v) is 6.33. The van der Waals surface area contributed by atoms with Gasteiger partial charge in [0.1, 0.15) is 5.70 Å². The topological polar surface area (TPSA) is 121 Å². The van der Waals surface area contributed by atoms with Crippen molar-refractivity contribution in [1.82, 2.24) is 25.6 Å². The monoisotopic (exact) mass is 416 g/mol. The number of rotatable bonds is 5. The van der Waals surface area contributed by atoms with Crippen molar-refractivity contribution in [3.05, 3.63) is 52.5 Å². The lowest BCUT2D eigenvalue weighted by Gasteiger charge is -2.22. The molecule has 11 heteroatoms. The molecule has 0 saturated heterocycles. The third-order valence-corrected chi connectivity index (χ3v) is 4.39. The minimum Gasteiger partial charge on any atom is -0.464 e. The summed E-state index contributed by atoms with van der Waals surface area (Å²) in [5, 5.41) is 16.7. The van der Waals surface area contributed by atoms with Gasteiger partial charge in [0.2, 0.25) is 0 Å². The Bertz CT molecular complexity index is 1030. The van der Waals surface area contributed by atoms with Gasteiger partial charge in [-0.3, -0.25) is 5.43 Å². The predicted octanol–water partition coefficient (Wildman–Crippen LogP) is 1.52. The van der Waals surface area contributed by atoms with Crippen LogP contribution in [0, 0.1) is 5.92 Å². The molecule has 0 aliphatic carbocycles. The van der Waals surface area contributed by atoms with E-state index in [-0.39, 0.29) is 11.4 Å². The van der Waals surface area contributed by atoms with E-state index in [2.05, 4.69) is 25.9 Å². The van der Waals surface area contributed by atoms with Crippen molar-refractivity contribution in [1.29, 1.82) is 0 Å². The Labute approximate surface area is 170 Å². The van der Waals surface area contributed by atoms with Crippen LogP contribution in [-0.2, 0) is 19.1 Å². The van der Waals surface area contributed by atoms with E-state index in [9.17, 15) is 9.59 Å². The minimum atomic E-state index is -0.623. The molecule has 0 saturated carbocycles. The SMILES string of the molecule is COC(=O)C1=NNC(C(=O)OC)=C(/C=C\c2nnn(-c3ccc(Cl)cc3)n2)C1C. The van der Waals surface area contributed by atoms with Crippen LogP contribution in [0.2, 0.25) is 5.02 Å². The molecule has 10 nitrogen and oxygen atoms in total. The van der Waals surface area contributed by atoms with Crippen LogP contribution in [-0.4, -0.2) is 52.1 Å². The van der Waals surface area contributed by atoms with E-state index in [1.165, 1.54) is 19.0 Å². The smallest absolute Gasteiger partial charge is 0.356 e. The van der Waals surface area contributed by atoms with Crippen molar-refractivity contribution < 1.29 is 19.1 Å². The molecular weight excluding hydrogens is 400 g/mol. The summed E-state index contributed by atoms with van der Waals surface area (Å²) in [7, 11) is 2.51. The van der Waals surface area contributed by atoms with Crippen molar-refractivity contribution in [2.45, 2.75) is 6.92 Å². The van der Waals surface area contributed by atoms with Crippen molar-refractivity contribution in [2.75, 3.05) is 14.2 Å². The molecule has 1 aromatic heterocycles. The number of carbonyl (C=O) groups is 2. The Morgan fingerprint density at radius 3 is 2.48 bits per heavy atom. The van der Waals surface area contributed by atoms with Gasteiger partial charge in [-0.05, 0) is 41.1 Å². The molecule has 1 aliphatic rings. The quantitative estimate of drug-likeness (QED) is 0.728. The highest BCUT2D eigenvalue weighted by atomic mass is 35.5. The second-order valence-electron chi connectivity index (χ2n) is 5.89. The maximum Gasteiger partial charge on any atom is 0.356 e. The molecule has 0 spiro atoms. The molecule has 1 N–H and O–H groups in total. The van der Waals surface area contributed by atoms with Gasteiger partial charge in [-0.15, -0.1) is 15.0 Å². The zero-order chi connectivity index (χ0) is 21.0. The summed E-state index contributed by atoms with van der Waals surface area (Å²) in [6, 6.07) is 6.93. The molecule has 0 fully saturated rings. The molecule has 1 aromatic carbocycles. The van der Waals surface area contributed by atoms with E-state index in [0.717, 1.165) is 0 Å². The molecule has 2 aromatic rings. The van der Waals surface area contributed by atoms with Crippen LogP contribution < -0.4 is 5.43 Å². The van der Waals surface area contributed by atoms with Gasteiger partial charge in [-0.25, -0.2) is 9.59 Å². The first-order valence-corrected chi connectivity index (χ1v) is 8.80. The van der Waals surface area contributed by atoms with Crippen LogP contribution in [0.4, 0.5) is 0 Å². The van der Waals surface area contributed by atoms with E-state index in [0.29, 0.717) is 22.1 Å². The van der Waals surface area contributed by atoms with E-state index in [4.69, 9.17) is 21.1 Å². The molecule has 3 rings (SSSR count). The molecule has 1 aliphatic heterocycles. The largest absolute Gasteiger partial charge is 0.464 e. The predicted molar refractivity (Wildman–Crippen MR) is 104 cm³/mol. The lowest BCUT2D eigenvalue weighted by Crippen LogP contribution is -2.35. The van der Waals surface area contributed by atoms with Crippen LogP contribution in [0.3, 0.4) is 0 Å². The van der Waals surface area contributed by atoms with E-state index in [1.54, 1.807) is 43.3 Å². The zero-order valence-corrected chi connectivity index (χ0v) is 16.5. The molecule has 0 radical (unpaired) electrons. The number of methoxy groups -OCH3 is 2. The summed E-state index contributed by atoms with van der Waals surface area (Å²) in [6.07, 6.45) is 3.17. The van der Waals surface area contributed by atoms with Crippen molar-refractivity contribution in [3.8, 4) is 5.69 Å². The number of hydrogen-bond donors (Lipinski definition) is 1. The maximum absolute atomic E-state index is 12.1. The zero-order valence-electron chi connectivity index (χ0n) is 15.8. The first-order valence-electron chi connectivity index (χ1n) is 8.43. The van der Waals surface area contributed by atoms with Crippen LogP contribution >= 0.6 is 11.6 Å². The highest BCUT2D eigenvalue weighted by molar-refractivity contribution is 6.38. The molecule has 1 unspecified atom stereocenters. The molecule has 150 valence electrons. The van der Waals surface area contributed by atoms with Crippen molar-refractivity contribution in [3.63, 3.8) is 0 Å². The number of halogens is 1. The first-order chi connectivity index (χ1) is 13.9. The molecule has 0 bridgehead atoms. The van der Waals surface area contributed by atoms with Crippen molar-refractivity contribution >= 4 is 35.3 Å². The summed E-state index contributed by atoms with van der Waals surface area (Å²) in [5.41, 5.74) is 3.94.